The normalized spacial score (nSPS) is 23.7. The van der Waals surface area contributed by atoms with E-state index in [4.69, 9.17) is 14.2 Å². The molecular formula is C22H34N2O4. The second-order valence-corrected chi connectivity index (χ2v) is 8.72. The Bertz CT molecular complexity index is 691. The van der Waals surface area contributed by atoms with Crippen LogP contribution >= 0.6 is 0 Å². The minimum atomic E-state index is 0.0279. The lowest BCUT2D eigenvalue weighted by Gasteiger charge is -2.34. The molecule has 156 valence electrons. The maximum atomic E-state index is 12.3. The van der Waals surface area contributed by atoms with E-state index in [9.17, 15) is 4.79 Å². The number of ether oxygens (including phenoxy) is 3. The predicted octanol–water partition coefficient (Wildman–Crippen LogP) is 2.94. The van der Waals surface area contributed by atoms with Crippen LogP contribution in [0, 0.1) is 5.41 Å². The number of carbonyl (C=O) groups excluding carboxylic acids is 1. The molecule has 6 nitrogen and oxygen atoms in total. The van der Waals surface area contributed by atoms with Gasteiger partial charge >= 0.3 is 0 Å². The Morgan fingerprint density at radius 3 is 2.64 bits per heavy atom. The van der Waals surface area contributed by atoms with Gasteiger partial charge in [0, 0.05) is 31.1 Å². The van der Waals surface area contributed by atoms with Gasteiger partial charge in [0.25, 0.3) is 0 Å². The number of likely N-dealkylation sites (tertiary alicyclic amines) is 1. The van der Waals surface area contributed by atoms with Gasteiger partial charge in [-0.3, -0.25) is 9.69 Å². The van der Waals surface area contributed by atoms with E-state index in [0.29, 0.717) is 6.61 Å². The summed E-state index contributed by atoms with van der Waals surface area (Å²) in [6, 6.07) is 6.37. The number of hydrogen-bond acceptors (Lipinski definition) is 5. The van der Waals surface area contributed by atoms with Crippen LogP contribution < -0.4 is 9.47 Å². The first kappa shape index (κ1) is 20.9. The molecule has 2 fully saturated rings. The molecule has 1 spiro atoms. The highest BCUT2D eigenvalue weighted by molar-refractivity contribution is 5.78. The summed E-state index contributed by atoms with van der Waals surface area (Å²) >= 11 is 0. The smallest absolute Gasteiger partial charge is 0.248 e. The summed E-state index contributed by atoms with van der Waals surface area (Å²) < 4.78 is 17.1. The predicted molar refractivity (Wildman–Crippen MR) is 109 cm³/mol. The SMILES string of the molecule is COc1ccc(CN2CCC3(COCC(=O)N(C(C)C)C3)C2)cc1OC(C)C. The quantitative estimate of drug-likeness (QED) is 0.748. The van der Waals surface area contributed by atoms with E-state index < -0.39 is 0 Å². The van der Waals surface area contributed by atoms with Gasteiger partial charge in [0.15, 0.2) is 11.5 Å². The Labute approximate surface area is 168 Å². The number of methoxy groups -OCH3 is 1. The topological polar surface area (TPSA) is 51.2 Å². The average molecular weight is 391 g/mol. The summed E-state index contributed by atoms with van der Waals surface area (Å²) in [4.78, 5) is 16.8. The fourth-order valence-corrected chi connectivity index (χ4v) is 4.24. The number of carbonyl (C=O) groups is 1. The Morgan fingerprint density at radius 2 is 1.96 bits per heavy atom. The van der Waals surface area contributed by atoms with E-state index >= 15 is 0 Å². The molecule has 0 aromatic heterocycles. The standard InChI is InChI=1S/C22H34N2O4/c1-16(2)24-14-22(15-27-12-21(24)25)8-9-23(13-22)11-18-6-7-19(26-5)20(10-18)28-17(3)4/h6-7,10,16-17H,8-9,11-15H2,1-5H3. The summed E-state index contributed by atoms with van der Waals surface area (Å²) in [5, 5.41) is 0. The van der Waals surface area contributed by atoms with E-state index in [2.05, 4.69) is 30.9 Å². The average Bonchev–Trinajstić information content (AvgIpc) is 2.93. The van der Waals surface area contributed by atoms with Crippen molar-refractivity contribution in [3.05, 3.63) is 23.8 Å². The molecule has 1 amide bonds. The fourth-order valence-electron chi connectivity index (χ4n) is 4.24. The van der Waals surface area contributed by atoms with Crippen LogP contribution in [0.3, 0.4) is 0 Å². The second kappa shape index (κ2) is 8.70. The highest BCUT2D eigenvalue weighted by Gasteiger charge is 2.43. The molecule has 2 aliphatic heterocycles. The minimum Gasteiger partial charge on any atom is -0.493 e. The van der Waals surface area contributed by atoms with E-state index in [0.717, 1.165) is 44.1 Å². The van der Waals surface area contributed by atoms with Crippen molar-refractivity contribution >= 4 is 5.91 Å². The van der Waals surface area contributed by atoms with Gasteiger partial charge in [0.1, 0.15) is 6.61 Å². The Hall–Kier alpha value is -1.79. The minimum absolute atomic E-state index is 0.0279. The molecule has 2 heterocycles. The van der Waals surface area contributed by atoms with Gasteiger partial charge in [0.05, 0.1) is 19.8 Å². The molecule has 28 heavy (non-hydrogen) atoms. The van der Waals surface area contributed by atoms with Crippen LogP contribution in [0.5, 0.6) is 11.5 Å². The van der Waals surface area contributed by atoms with Crippen molar-refractivity contribution in [2.24, 2.45) is 5.41 Å². The van der Waals surface area contributed by atoms with Crippen LogP contribution in [0.15, 0.2) is 18.2 Å². The molecule has 6 heteroatoms. The Morgan fingerprint density at radius 1 is 1.18 bits per heavy atom. The van der Waals surface area contributed by atoms with Gasteiger partial charge in [-0.2, -0.15) is 0 Å². The van der Waals surface area contributed by atoms with E-state index in [-0.39, 0.29) is 30.1 Å². The molecule has 0 saturated carbocycles. The molecule has 0 N–H and O–H groups in total. The first-order valence-corrected chi connectivity index (χ1v) is 10.2. The molecule has 2 aliphatic rings. The monoisotopic (exact) mass is 390 g/mol. The molecule has 0 aliphatic carbocycles. The zero-order chi connectivity index (χ0) is 20.3. The first-order valence-electron chi connectivity index (χ1n) is 10.2. The van der Waals surface area contributed by atoms with Crippen molar-refractivity contribution in [2.45, 2.75) is 52.8 Å². The first-order chi connectivity index (χ1) is 13.3. The van der Waals surface area contributed by atoms with Crippen LogP contribution in [0.4, 0.5) is 0 Å². The molecule has 0 radical (unpaired) electrons. The number of rotatable bonds is 6. The third-order valence-corrected chi connectivity index (χ3v) is 5.60. The van der Waals surface area contributed by atoms with Crippen LogP contribution in [0.1, 0.15) is 39.7 Å². The molecule has 1 aromatic rings. The second-order valence-electron chi connectivity index (χ2n) is 8.72. The number of nitrogens with zero attached hydrogens (tertiary/aromatic N) is 2. The third kappa shape index (κ3) is 4.78. The summed E-state index contributed by atoms with van der Waals surface area (Å²) in [5.74, 6) is 1.66. The van der Waals surface area contributed by atoms with Crippen molar-refractivity contribution < 1.29 is 19.0 Å². The third-order valence-electron chi connectivity index (χ3n) is 5.60. The lowest BCUT2D eigenvalue weighted by molar-refractivity contribution is -0.135. The van der Waals surface area contributed by atoms with Crippen molar-refractivity contribution in [3.63, 3.8) is 0 Å². The number of amides is 1. The molecule has 1 aromatic carbocycles. The van der Waals surface area contributed by atoms with Crippen LogP contribution in [0.25, 0.3) is 0 Å². The van der Waals surface area contributed by atoms with E-state index in [1.807, 2.05) is 24.8 Å². The van der Waals surface area contributed by atoms with Gasteiger partial charge in [-0.05, 0) is 58.4 Å². The van der Waals surface area contributed by atoms with Crippen molar-refractivity contribution in [1.82, 2.24) is 9.80 Å². The van der Waals surface area contributed by atoms with E-state index in [1.54, 1.807) is 7.11 Å². The molecule has 1 atom stereocenters. The fraction of sp³-hybridized carbons (Fsp3) is 0.682. The largest absolute Gasteiger partial charge is 0.493 e. The highest BCUT2D eigenvalue weighted by atomic mass is 16.5. The van der Waals surface area contributed by atoms with Gasteiger partial charge in [0.2, 0.25) is 5.91 Å². The maximum Gasteiger partial charge on any atom is 0.248 e. The molecule has 0 bridgehead atoms. The lowest BCUT2D eigenvalue weighted by atomic mass is 9.87. The lowest BCUT2D eigenvalue weighted by Crippen LogP contribution is -2.45. The summed E-state index contributed by atoms with van der Waals surface area (Å²) in [5.41, 5.74) is 1.24. The van der Waals surface area contributed by atoms with Crippen molar-refractivity contribution in [1.29, 1.82) is 0 Å². The number of hydrogen-bond donors (Lipinski definition) is 0. The van der Waals surface area contributed by atoms with Gasteiger partial charge < -0.3 is 19.1 Å². The molecule has 3 rings (SSSR count). The molecule has 2 saturated heterocycles. The number of benzene rings is 1. The zero-order valence-corrected chi connectivity index (χ0v) is 17.9. The van der Waals surface area contributed by atoms with Crippen molar-refractivity contribution in [3.8, 4) is 11.5 Å². The molecule has 1 unspecified atom stereocenters. The zero-order valence-electron chi connectivity index (χ0n) is 17.9. The van der Waals surface area contributed by atoms with Gasteiger partial charge in [-0.15, -0.1) is 0 Å². The summed E-state index contributed by atoms with van der Waals surface area (Å²) in [6.07, 6.45) is 1.15. The van der Waals surface area contributed by atoms with Gasteiger partial charge in [-0.1, -0.05) is 6.07 Å². The van der Waals surface area contributed by atoms with Gasteiger partial charge in [-0.25, -0.2) is 0 Å². The maximum absolute atomic E-state index is 12.3. The molecular weight excluding hydrogens is 356 g/mol. The Kier molecular flexibility index (Phi) is 6.50. The summed E-state index contributed by atoms with van der Waals surface area (Å²) in [7, 11) is 1.67. The van der Waals surface area contributed by atoms with Crippen LogP contribution in [-0.4, -0.2) is 67.8 Å². The van der Waals surface area contributed by atoms with Crippen LogP contribution in [-0.2, 0) is 16.1 Å². The summed E-state index contributed by atoms with van der Waals surface area (Å²) in [6.45, 7) is 12.6. The Balaban J connectivity index is 1.69. The van der Waals surface area contributed by atoms with Crippen LogP contribution in [0.2, 0.25) is 0 Å². The van der Waals surface area contributed by atoms with E-state index in [1.165, 1.54) is 5.56 Å². The van der Waals surface area contributed by atoms with Crippen molar-refractivity contribution in [2.75, 3.05) is 40.0 Å². The highest BCUT2D eigenvalue weighted by Crippen LogP contribution is 2.36.